The predicted octanol–water partition coefficient (Wildman–Crippen LogP) is 4.66. The molecule has 1 aliphatic heterocycles. The quantitative estimate of drug-likeness (QED) is 0.832. The summed E-state index contributed by atoms with van der Waals surface area (Å²) in [5, 5.41) is 3.57. The van der Waals surface area contributed by atoms with Crippen molar-refractivity contribution in [1.82, 2.24) is 5.32 Å². The molecule has 26 heavy (non-hydrogen) atoms. The Morgan fingerprint density at radius 2 is 1.96 bits per heavy atom. The molecule has 0 bridgehead atoms. The van der Waals surface area contributed by atoms with E-state index in [-0.39, 0.29) is 17.9 Å². The average Bonchev–Trinajstić information content (AvgIpc) is 3.06. The van der Waals surface area contributed by atoms with Crippen LogP contribution in [-0.2, 0) is 4.79 Å². The van der Waals surface area contributed by atoms with E-state index in [9.17, 15) is 9.59 Å². The zero-order valence-electron chi connectivity index (χ0n) is 15.1. The second kappa shape index (κ2) is 7.92. The summed E-state index contributed by atoms with van der Waals surface area (Å²) >= 11 is 6.26. The summed E-state index contributed by atoms with van der Waals surface area (Å²) in [4.78, 5) is 26.4. The zero-order chi connectivity index (χ0) is 18.7. The second-order valence-corrected chi connectivity index (χ2v) is 7.07. The van der Waals surface area contributed by atoms with E-state index in [1.807, 2.05) is 38.1 Å². The van der Waals surface area contributed by atoms with E-state index in [4.69, 9.17) is 11.6 Å². The number of rotatable bonds is 5. The number of halogens is 1. The monoisotopic (exact) mass is 370 g/mol. The fraction of sp³-hybridized carbons (Fsp3) is 0.333. The van der Waals surface area contributed by atoms with Crippen LogP contribution in [0, 0.1) is 6.92 Å². The molecule has 136 valence electrons. The van der Waals surface area contributed by atoms with Crippen molar-refractivity contribution in [2.75, 3.05) is 11.4 Å². The van der Waals surface area contributed by atoms with Crippen LogP contribution in [0.25, 0.3) is 0 Å². The normalized spacial score (nSPS) is 15.2. The lowest BCUT2D eigenvalue weighted by Crippen LogP contribution is -2.29. The third-order valence-corrected chi connectivity index (χ3v) is 5.09. The fourth-order valence-electron chi connectivity index (χ4n) is 3.23. The molecule has 0 aromatic heterocycles. The van der Waals surface area contributed by atoms with Crippen molar-refractivity contribution < 1.29 is 9.59 Å². The first-order valence-corrected chi connectivity index (χ1v) is 9.34. The molecule has 0 saturated carbocycles. The molecule has 0 spiro atoms. The molecule has 2 aromatic carbocycles. The van der Waals surface area contributed by atoms with Crippen LogP contribution >= 0.6 is 11.6 Å². The van der Waals surface area contributed by atoms with E-state index < -0.39 is 0 Å². The summed E-state index contributed by atoms with van der Waals surface area (Å²) in [6, 6.07) is 13.2. The van der Waals surface area contributed by atoms with Crippen LogP contribution in [-0.4, -0.2) is 18.4 Å². The second-order valence-electron chi connectivity index (χ2n) is 6.66. The number of hydrogen-bond donors (Lipinski definition) is 1. The summed E-state index contributed by atoms with van der Waals surface area (Å²) in [5.74, 6) is -0.113. The van der Waals surface area contributed by atoms with Gasteiger partial charge in [0.05, 0.1) is 16.8 Å². The largest absolute Gasteiger partial charge is 0.345 e. The summed E-state index contributed by atoms with van der Waals surface area (Å²) in [7, 11) is 0. The predicted molar refractivity (Wildman–Crippen MR) is 105 cm³/mol. The summed E-state index contributed by atoms with van der Waals surface area (Å²) < 4.78 is 0. The smallest absolute Gasteiger partial charge is 0.251 e. The minimum absolute atomic E-state index is 0.0514. The molecule has 1 N–H and O–H groups in total. The van der Waals surface area contributed by atoms with E-state index in [0.29, 0.717) is 29.2 Å². The molecule has 0 unspecified atom stereocenters. The fourth-order valence-corrected chi connectivity index (χ4v) is 3.44. The third-order valence-electron chi connectivity index (χ3n) is 4.77. The Hall–Kier alpha value is -2.33. The molecule has 1 saturated heterocycles. The van der Waals surface area contributed by atoms with Crippen LogP contribution in [0.3, 0.4) is 0 Å². The summed E-state index contributed by atoms with van der Waals surface area (Å²) in [5.41, 5.74) is 3.39. The van der Waals surface area contributed by atoms with Gasteiger partial charge in [-0.2, -0.15) is 0 Å². The number of nitrogens with zero attached hydrogens (tertiary/aromatic N) is 1. The maximum Gasteiger partial charge on any atom is 0.251 e. The molecular weight excluding hydrogens is 348 g/mol. The van der Waals surface area contributed by atoms with Gasteiger partial charge in [-0.1, -0.05) is 48.4 Å². The van der Waals surface area contributed by atoms with Crippen molar-refractivity contribution in [3.63, 3.8) is 0 Å². The third kappa shape index (κ3) is 3.91. The molecule has 2 aromatic rings. The van der Waals surface area contributed by atoms with Crippen LogP contribution in [0.2, 0.25) is 5.02 Å². The Morgan fingerprint density at radius 3 is 2.58 bits per heavy atom. The van der Waals surface area contributed by atoms with Crippen LogP contribution < -0.4 is 10.2 Å². The lowest BCUT2D eigenvalue weighted by molar-refractivity contribution is -0.117. The molecule has 3 rings (SSSR count). The minimum Gasteiger partial charge on any atom is -0.345 e. The Balaban J connectivity index is 1.80. The van der Waals surface area contributed by atoms with E-state index in [2.05, 4.69) is 5.32 Å². The average molecular weight is 371 g/mol. The van der Waals surface area contributed by atoms with E-state index in [0.717, 1.165) is 18.4 Å². The van der Waals surface area contributed by atoms with E-state index >= 15 is 0 Å². The SMILES string of the molecule is CC[C@@H](NC(=O)c1ccc(Cl)c(N2CCCC2=O)c1)c1ccc(C)cc1. The van der Waals surface area contributed by atoms with Gasteiger partial charge in [-0.25, -0.2) is 0 Å². The lowest BCUT2D eigenvalue weighted by atomic mass is 10.0. The van der Waals surface area contributed by atoms with Gasteiger partial charge in [0.2, 0.25) is 5.91 Å². The molecule has 0 aliphatic carbocycles. The molecule has 1 fully saturated rings. The van der Waals surface area contributed by atoms with E-state index in [1.54, 1.807) is 23.1 Å². The molecule has 4 nitrogen and oxygen atoms in total. The maximum atomic E-state index is 12.8. The number of carbonyl (C=O) groups is 2. The summed E-state index contributed by atoms with van der Waals surface area (Å²) in [6.45, 7) is 4.73. The van der Waals surface area contributed by atoms with Gasteiger partial charge in [0, 0.05) is 18.5 Å². The molecule has 1 heterocycles. The Labute approximate surface area is 159 Å². The van der Waals surface area contributed by atoms with Gasteiger partial charge >= 0.3 is 0 Å². The molecule has 5 heteroatoms. The van der Waals surface area contributed by atoms with Gasteiger partial charge in [0.1, 0.15) is 0 Å². The maximum absolute atomic E-state index is 12.8. The van der Waals surface area contributed by atoms with Crippen LogP contribution in [0.4, 0.5) is 5.69 Å². The number of aryl methyl sites for hydroxylation is 1. The number of hydrogen-bond acceptors (Lipinski definition) is 2. The highest BCUT2D eigenvalue weighted by molar-refractivity contribution is 6.34. The Bertz CT molecular complexity index is 817. The number of carbonyl (C=O) groups excluding carboxylic acids is 2. The number of nitrogens with one attached hydrogen (secondary N) is 1. The van der Waals surface area contributed by atoms with Gasteiger partial charge in [0.25, 0.3) is 5.91 Å². The Morgan fingerprint density at radius 1 is 1.23 bits per heavy atom. The highest BCUT2D eigenvalue weighted by Gasteiger charge is 2.25. The number of amides is 2. The molecule has 0 radical (unpaired) electrons. The van der Waals surface area contributed by atoms with Gasteiger partial charge in [-0.15, -0.1) is 0 Å². The Kier molecular flexibility index (Phi) is 5.62. The van der Waals surface area contributed by atoms with Gasteiger partial charge in [-0.05, 0) is 43.5 Å². The first kappa shape index (κ1) is 18.5. The molecule has 1 aliphatic rings. The van der Waals surface area contributed by atoms with Crippen molar-refractivity contribution in [2.45, 2.75) is 39.2 Å². The lowest BCUT2D eigenvalue weighted by Gasteiger charge is -2.20. The first-order valence-electron chi connectivity index (χ1n) is 8.97. The van der Waals surface area contributed by atoms with Crippen LogP contribution in [0.15, 0.2) is 42.5 Å². The van der Waals surface area contributed by atoms with Gasteiger partial charge in [0.15, 0.2) is 0 Å². The zero-order valence-corrected chi connectivity index (χ0v) is 15.8. The van der Waals surface area contributed by atoms with Crippen molar-refractivity contribution in [2.24, 2.45) is 0 Å². The van der Waals surface area contributed by atoms with Crippen molar-refractivity contribution >= 4 is 29.1 Å². The van der Waals surface area contributed by atoms with Gasteiger partial charge in [-0.3, -0.25) is 9.59 Å². The van der Waals surface area contributed by atoms with Gasteiger partial charge < -0.3 is 10.2 Å². The van der Waals surface area contributed by atoms with Crippen molar-refractivity contribution in [3.8, 4) is 0 Å². The van der Waals surface area contributed by atoms with E-state index in [1.165, 1.54) is 5.56 Å². The van der Waals surface area contributed by atoms with Crippen LogP contribution in [0.5, 0.6) is 0 Å². The molecular formula is C21H23ClN2O2. The topological polar surface area (TPSA) is 49.4 Å². The highest BCUT2D eigenvalue weighted by Crippen LogP contribution is 2.30. The first-order chi connectivity index (χ1) is 12.5. The number of anilines is 1. The number of benzene rings is 2. The minimum atomic E-state index is -0.165. The van der Waals surface area contributed by atoms with Crippen molar-refractivity contribution in [1.29, 1.82) is 0 Å². The highest BCUT2D eigenvalue weighted by atomic mass is 35.5. The van der Waals surface area contributed by atoms with Crippen LogP contribution in [0.1, 0.15) is 53.7 Å². The standard InChI is InChI=1S/C21H23ClN2O2/c1-3-18(15-8-6-14(2)7-9-15)23-21(26)16-10-11-17(22)19(13-16)24-12-4-5-20(24)25/h6-11,13,18H,3-5,12H2,1-2H3,(H,23,26)/t18-/m1/s1. The molecule has 2 amide bonds. The molecule has 1 atom stereocenters. The summed E-state index contributed by atoms with van der Waals surface area (Å²) in [6.07, 6.45) is 2.13. The van der Waals surface area contributed by atoms with Crippen molar-refractivity contribution in [3.05, 3.63) is 64.2 Å².